The number of benzene rings is 1. The Balaban J connectivity index is 1.65. The van der Waals surface area contributed by atoms with Gasteiger partial charge < -0.3 is 15.2 Å². The largest absolute Gasteiger partial charge is 0.398 e. The molecule has 0 unspecified atom stereocenters. The zero-order chi connectivity index (χ0) is 16.4. The number of carbonyl (C=O) groups is 1. The van der Waals surface area contributed by atoms with E-state index in [1.165, 1.54) is 0 Å². The van der Waals surface area contributed by atoms with Crippen LogP contribution in [-0.2, 0) is 17.0 Å². The van der Waals surface area contributed by atoms with Crippen molar-refractivity contribution < 1.29 is 9.32 Å². The number of aromatic nitrogens is 1. The molecular weight excluding hydrogens is 310 g/mol. The van der Waals surface area contributed by atoms with Crippen LogP contribution in [0.4, 0.5) is 11.4 Å². The standard InChI is InChI=1S/C17H21N3O2S/c1-11-14(12(2)22-19-11)9-23-10-17(21)20-8-4-5-13-15(18)6-3-7-16(13)20/h3,6-7H,4-5,8-10,18H2,1-2H3. The quantitative estimate of drug-likeness (QED) is 0.872. The van der Waals surface area contributed by atoms with Crippen LogP contribution in [0.3, 0.4) is 0 Å². The summed E-state index contributed by atoms with van der Waals surface area (Å²) >= 11 is 1.60. The summed E-state index contributed by atoms with van der Waals surface area (Å²) in [6, 6.07) is 5.80. The maximum Gasteiger partial charge on any atom is 0.236 e. The molecule has 1 aromatic heterocycles. The maximum atomic E-state index is 12.6. The van der Waals surface area contributed by atoms with Gasteiger partial charge in [0.15, 0.2) is 0 Å². The predicted molar refractivity (Wildman–Crippen MR) is 93.7 cm³/mol. The van der Waals surface area contributed by atoms with Gasteiger partial charge in [-0.2, -0.15) is 0 Å². The molecule has 0 bridgehead atoms. The van der Waals surface area contributed by atoms with Gasteiger partial charge in [-0.1, -0.05) is 11.2 Å². The molecule has 0 fully saturated rings. The SMILES string of the molecule is Cc1noc(C)c1CSCC(=O)N1CCCc2c(N)cccc21. The van der Waals surface area contributed by atoms with E-state index in [4.69, 9.17) is 10.3 Å². The van der Waals surface area contributed by atoms with Crippen LogP contribution in [0, 0.1) is 13.8 Å². The van der Waals surface area contributed by atoms with Crippen LogP contribution in [0.25, 0.3) is 0 Å². The number of nitrogens with two attached hydrogens (primary N) is 1. The molecule has 2 heterocycles. The molecule has 23 heavy (non-hydrogen) atoms. The fourth-order valence-electron chi connectivity index (χ4n) is 2.94. The van der Waals surface area contributed by atoms with E-state index in [1.54, 1.807) is 11.8 Å². The van der Waals surface area contributed by atoms with Crippen molar-refractivity contribution in [3.8, 4) is 0 Å². The molecule has 0 spiro atoms. The molecule has 2 aromatic rings. The Morgan fingerprint density at radius 1 is 1.43 bits per heavy atom. The molecule has 1 aliphatic heterocycles. The molecule has 1 amide bonds. The number of nitrogen functional groups attached to an aromatic ring is 1. The number of hydrogen-bond acceptors (Lipinski definition) is 5. The van der Waals surface area contributed by atoms with E-state index in [9.17, 15) is 4.79 Å². The van der Waals surface area contributed by atoms with Gasteiger partial charge in [-0.05, 0) is 44.4 Å². The van der Waals surface area contributed by atoms with E-state index in [0.29, 0.717) is 5.75 Å². The van der Waals surface area contributed by atoms with E-state index in [0.717, 1.165) is 59.1 Å². The molecule has 0 radical (unpaired) electrons. The molecule has 0 saturated carbocycles. The monoisotopic (exact) mass is 331 g/mol. The summed E-state index contributed by atoms with van der Waals surface area (Å²) in [6.07, 6.45) is 1.90. The first-order chi connectivity index (χ1) is 11.1. The number of nitrogens with zero attached hydrogens (tertiary/aromatic N) is 2. The number of amides is 1. The molecule has 2 N–H and O–H groups in total. The van der Waals surface area contributed by atoms with Crippen LogP contribution in [0.5, 0.6) is 0 Å². The summed E-state index contributed by atoms with van der Waals surface area (Å²) in [7, 11) is 0. The number of fused-ring (bicyclic) bond motifs is 1. The lowest BCUT2D eigenvalue weighted by Crippen LogP contribution is -2.37. The van der Waals surface area contributed by atoms with Gasteiger partial charge in [0, 0.05) is 29.2 Å². The third-order valence-corrected chi connectivity index (χ3v) is 5.18. The third-order valence-electron chi connectivity index (χ3n) is 4.24. The molecule has 3 rings (SSSR count). The van der Waals surface area contributed by atoms with Gasteiger partial charge in [0.2, 0.25) is 5.91 Å². The minimum Gasteiger partial charge on any atom is -0.398 e. The van der Waals surface area contributed by atoms with Crippen LogP contribution in [-0.4, -0.2) is 23.4 Å². The molecule has 5 nitrogen and oxygen atoms in total. The van der Waals surface area contributed by atoms with Crippen LogP contribution in [0.2, 0.25) is 0 Å². The molecule has 1 aliphatic rings. The topological polar surface area (TPSA) is 72.4 Å². The van der Waals surface area contributed by atoms with E-state index in [1.807, 2.05) is 36.9 Å². The normalized spacial score (nSPS) is 13.9. The number of anilines is 2. The smallest absolute Gasteiger partial charge is 0.236 e. The Morgan fingerprint density at radius 3 is 3.00 bits per heavy atom. The van der Waals surface area contributed by atoms with Gasteiger partial charge in [-0.3, -0.25) is 4.79 Å². The van der Waals surface area contributed by atoms with Crippen LogP contribution < -0.4 is 10.6 Å². The Bertz CT molecular complexity index is 707. The molecule has 122 valence electrons. The summed E-state index contributed by atoms with van der Waals surface area (Å²) in [5.41, 5.74) is 10.9. The summed E-state index contributed by atoms with van der Waals surface area (Å²) in [6.45, 7) is 4.60. The van der Waals surface area contributed by atoms with E-state index < -0.39 is 0 Å². The summed E-state index contributed by atoms with van der Waals surface area (Å²) in [5, 5.41) is 3.95. The van der Waals surface area contributed by atoms with Gasteiger partial charge in [-0.25, -0.2) is 0 Å². The Labute approximate surface area is 140 Å². The first kappa shape index (κ1) is 15.9. The lowest BCUT2D eigenvalue weighted by Gasteiger charge is -2.30. The highest BCUT2D eigenvalue weighted by Crippen LogP contribution is 2.32. The fourth-order valence-corrected chi connectivity index (χ4v) is 3.99. The highest BCUT2D eigenvalue weighted by atomic mass is 32.2. The molecule has 1 aromatic carbocycles. The highest BCUT2D eigenvalue weighted by molar-refractivity contribution is 7.99. The van der Waals surface area contributed by atoms with Crippen molar-refractivity contribution in [1.82, 2.24) is 5.16 Å². The van der Waals surface area contributed by atoms with Crippen molar-refractivity contribution in [2.75, 3.05) is 22.9 Å². The van der Waals surface area contributed by atoms with E-state index in [2.05, 4.69) is 5.16 Å². The van der Waals surface area contributed by atoms with Gasteiger partial charge in [0.05, 0.1) is 11.4 Å². The number of aryl methyl sites for hydroxylation is 2. The van der Waals surface area contributed by atoms with Crippen LogP contribution in [0.1, 0.15) is 29.0 Å². The van der Waals surface area contributed by atoms with E-state index in [-0.39, 0.29) is 5.91 Å². The Morgan fingerprint density at radius 2 is 2.26 bits per heavy atom. The second-order valence-corrected chi connectivity index (χ2v) is 6.77. The van der Waals surface area contributed by atoms with Gasteiger partial charge in [-0.15, -0.1) is 11.8 Å². The second kappa shape index (κ2) is 6.66. The number of carbonyl (C=O) groups excluding carboxylic acids is 1. The molecule has 0 aliphatic carbocycles. The van der Waals surface area contributed by atoms with Gasteiger partial charge in [0.25, 0.3) is 0 Å². The first-order valence-corrected chi connectivity index (χ1v) is 8.90. The van der Waals surface area contributed by atoms with Crippen molar-refractivity contribution in [3.05, 3.63) is 40.8 Å². The molecule has 0 saturated heterocycles. The van der Waals surface area contributed by atoms with Crippen LogP contribution in [0.15, 0.2) is 22.7 Å². The van der Waals surface area contributed by atoms with Gasteiger partial charge in [0.1, 0.15) is 5.76 Å². The maximum absolute atomic E-state index is 12.6. The summed E-state index contributed by atoms with van der Waals surface area (Å²) < 4.78 is 5.16. The predicted octanol–water partition coefficient (Wildman–Crippen LogP) is 3.09. The Kier molecular flexibility index (Phi) is 4.61. The molecule has 6 heteroatoms. The van der Waals surface area contributed by atoms with Crippen molar-refractivity contribution in [2.24, 2.45) is 0 Å². The zero-order valence-electron chi connectivity index (χ0n) is 13.5. The zero-order valence-corrected chi connectivity index (χ0v) is 14.3. The summed E-state index contributed by atoms with van der Waals surface area (Å²) in [5.74, 6) is 2.15. The van der Waals surface area contributed by atoms with Crippen molar-refractivity contribution in [1.29, 1.82) is 0 Å². The molecule has 0 atom stereocenters. The second-order valence-electron chi connectivity index (χ2n) is 5.79. The van der Waals surface area contributed by atoms with Crippen molar-refractivity contribution >= 4 is 29.0 Å². The lowest BCUT2D eigenvalue weighted by atomic mass is 10.00. The first-order valence-electron chi connectivity index (χ1n) is 7.75. The number of rotatable bonds is 4. The van der Waals surface area contributed by atoms with Crippen molar-refractivity contribution in [2.45, 2.75) is 32.4 Å². The average molecular weight is 331 g/mol. The average Bonchev–Trinajstić information content (AvgIpc) is 2.86. The minimum atomic E-state index is 0.133. The van der Waals surface area contributed by atoms with E-state index >= 15 is 0 Å². The fraction of sp³-hybridized carbons (Fsp3) is 0.412. The molecular formula is C17H21N3O2S. The number of hydrogen-bond donors (Lipinski definition) is 1. The van der Waals surface area contributed by atoms with Gasteiger partial charge >= 0.3 is 0 Å². The lowest BCUT2D eigenvalue weighted by molar-refractivity contribution is -0.116. The Hall–Kier alpha value is -1.95. The highest BCUT2D eigenvalue weighted by Gasteiger charge is 2.23. The third kappa shape index (κ3) is 3.22. The number of thioether (sulfide) groups is 1. The summed E-state index contributed by atoms with van der Waals surface area (Å²) in [4.78, 5) is 14.5. The van der Waals surface area contributed by atoms with Crippen LogP contribution >= 0.6 is 11.8 Å². The van der Waals surface area contributed by atoms with Crippen molar-refractivity contribution in [3.63, 3.8) is 0 Å². The minimum absolute atomic E-state index is 0.133.